The number of aromatic nitrogens is 4. The zero-order chi connectivity index (χ0) is 26.4. The Kier molecular flexibility index (Phi) is 6.64. The van der Waals surface area contributed by atoms with Crippen LogP contribution >= 0.6 is 0 Å². The summed E-state index contributed by atoms with van der Waals surface area (Å²) in [5.41, 5.74) is 6.64. The number of hydrogen-bond donors (Lipinski definition) is 2. The Labute approximate surface area is 211 Å². The van der Waals surface area contributed by atoms with Crippen molar-refractivity contribution in [3.05, 3.63) is 24.0 Å². The molecule has 0 saturated carbocycles. The van der Waals surface area contributed by atoms with Crippen LogP contribution in [0.2, 0.25) is 0 Å². The van der Waals surface area contributed by atoms with Gasteiger partial charge < -0.3 is 29.7 Å². The van der Waals surface area contributed by atoms with Gasteiger partial charge in [0.15, 0.2) is 0 Å². The van der Waals surface area contributed by atoms with Crippen LogP contribution in [0.15, 0.2) is 28.1 Å². The van der Waals surface area contributed by atoms with Gasteiger partial charge in [0, 0.05) is 41.9 Å². The summed E-state index contributed by atoms with van der Waals surface area (Å²) >= 11 is -1.41. The van der Waals surface area contributed by atoms with Crippen LogP contribution in [0.4, 0.5) is 10.5 Å². The molecule has 0 radical (unpaired) electrons. The molecule has 13 heteroatoms. The van der Waals surface area contributed by atoms with E-state index in [0.29, 0.717) is 36.3 Å². The first-order valence-corrected chi connectivity index (χ1v) is 13.0. The van der Waals surface area contributed by atoms with Crippen molar-refractivity contribution < 1.29 is 23.3 Å². The molecule has 0 aromatic carbocycles. The maximum atomic E-state index is 12.6. The number of nitrogens with zero attached hydrogens (tertiary/aromatic N) is 5. The van der Waals surface area contributed by atoms with Gasteiger partial charge in [-0.25, -0.2) is 9.31 Å². The molecule has 0 bridgehead atoms. The molecule has 0 aliphatic carbocycles. The number of carbonyl (C=O) groups excluding carboxylic acids is 2. The average Bonchev–Trinajstić information content (AvgIpc) is 3.40. The van der Waals surface area contributed by atoms with Gasteiger partial charge in [0.05, 0.1) is 28.5 Å². The Bertz CT molecular complexity index is 1290. The summed E-state index contributed by atoms with van der Waals surface area (Å²) < 4.78 is 24.3. The molecule has 4 heterocycles. The van der Waals surface area contributed by atoms with E-state index in [0.717, 1.165) is 0 Å². The Balaban J connectivity index is 1.64. The van der Waals surface area contributed by atoms with Crippen LogP contribution in [0.1, 0.15) is 51.4 Å². The molecule has 3 aromatic rings. The third-order valence-electron chi connectivity index (χ3n) is 6.00. The lowest BCUT2D eigenvalue weighted by atomic mass is 9.79. The molecule has 1 saturated heterocycles. The zero-order valence-corrected chi connectivity index (χ0v) is 22.0. The fraction of sp³-hybridized carbons (Fsp3) is 0.522. The molecule has 0 spiro atoms. The number of fused-ring (bicyclic) bond motifs is 1. The van der Waals surface area contributed by atoms with Crippen molar-refractivity contribution in [2.45, 2.75) is 57.9 Å². The molecule has 36 heavy (non-hydrogen) atoms. The maximum absolute atomic E-state index is 12.6. The second-order valence-electron chi connectivity index (χ2n) is 10.6. The van der Waals surface area contributed by atoms with Crippen LogP contribution in [0, 0.1) is 5.41 Å². The minimum Gasteiger partial charge on any atom is -0.608 e. The largest absolute Gasteiger partial charge is 0.608 e. The Morgan fingerprint density at radius 1 is 1.33 bits per heavy atom. The van der Waals surface area contributed by atoms with Crippen LogP contribution in [0.3, 0.4) is 0 Å². The molecule has 2 amide bonds. The van der Waals surface area contributed by atoms with Crippen molar-refractivity contribution >= 4 is 34.4 Å². The van der Waals surface area contributed by atoms with Crippen LogP contribution < -0.4 is 11.1 Å². The Morgan fingerprint density at radius 2 is 2.06 bits per heavy atom. The van der Waals surface area contributed by atoms with Crippen LogP contribution in [-0.4, -0.2) is 72.3 Å². The van der Waals surface area contributed by atoms with Crippen molar-refractivity contribution in [1.82, 2.24) is 24.7 Å². The molecule has 2 unspecified atom stereocenters. The van der Waals surface area contributed by atoms with E-state index in [1.54, 1.807) is 21.7 Å². The Morgan fingerprint density at radius 3 is 2.64 bits per heavy atom. The van der Waals surface area contributed by atoms with Crippen LogP contribution in [0.5, 0.6) is 0 Å². The minimum absolute atomic E-state index is 0.0166. The predicted molar refractivity (Wildman–Crippen MR) is 133 cm³/mol. The summed E-state index contributed by atoms with van der Waals surface area (Å²) in [6.45, 7) is 10.6. The maximum Gasteiger partial charge on any atom is 0.435 e. The molecule has 3 N–H and O–H groups in total. The SMILES string of the molecule is C[S+]([O-])c1nnc(-c2cc3c(NC4CCN(C(=O)OC(C)(C)C)CC4(C)C)c(C(N)=O)cnn3c2)o1. The van der Waals surface area contributed by atoms with E-state index in [1.807, 2.05) is 20.8 Å². The quantitative estimate of drug-likeness (QED) is 0.484. The van der Waals surface area contributed by atoms with Crippen molar-refractivity contribution in [2.24, 2.45) is 11.1 Å². The molecule has 4 rings (SSSR count). The number of piperidine rings is 1. The van der Waals surface area contributed by atoms with Gasteiger partial charge in [0.2, 0.25) is 0 Å². The zero-order valence-electron chi connectivity index (χ0n) is 21.2. The number of ether oxygens (including phenoxy) is 1. The lowest BCUT2D eigenvalue weighted by molar-refractivity contribution is 0.00691. The van der Waals surface area contributed by atoms with Crippen molar-refractivity contribution in [3.63, 3.8) is 0 Å². The van der Waals surface area contributed by atoms with Crippen molar-refractivity contribution in [3.8, 4) is 11.5 Å². The van der Waals surface area contributed by atoms with E-state index in [1.165, 1.54) is 12.5 Å². The summed E-state index contributed by atoms with van der Waals surface area (Å²) in [7, 11) is 0. The average molecular weight is 518 g/mol. The molecular formula is C23H31N7O5S. The molecular weight excluding hydrogens is 486 g/mol. The van der Waals surface area contributed by atoms with E-state index in [2.05, 4.69) is 34.5 Å². The van der Waals surface area contributed by atoms with E-state index >= 15 is 0 Å². The van der Waals surface area contributed by atoms with Crippen LogP contribution in [0.25, 0.3) is 17.0 Å². The number of nitrogens with two attached hydrogens (primary N) is 1. The number of primary amides is 1. The lowest BCUT2D eigenvalue weighted by Gasteiger charge is -2.45. The number of amides is 2. The number of anilines is 1. The first-order valence-electron chi connectivity index (χ1n) is 11.5. The standard InChI is InChI=1S/C23H31N7O5S/c1-22(2,3)35-21(32)29-8-7-16(23(4,5)12-29)26-17-14(18(24)31)10-25-30-11-13(9-15(17)30)19-27-28-20(34-19)36(6)33/h9-11,16,26H,7-8,12H2,1-6H3,(H2,24,31). The number of carbonyl (C=O) groups is 2. The summed E-state index contributed by atoms with van der Waals surface area (Å²) in [4.78, 5) is 26.6. The van der Waals surface area contributed by atoms with Crippen molar-refractivity contribution in [2.75, 3.05) is 24.7 Å². The first kappa shape index (κ1) is 25.8. The smallest absolute Gasteiger partial charge is 0.435 e. The minimum atomic E-state index is -1.41. The van der Waals surface area contributed by atoms with Gasteiger partial charge in [-0.1, -0.05) is 18.9 Å². The van der Waals surface area contributed by atoms with Gasteiger partial charge in [-0.15, -0.1) is 5.10 Å². The highest BCUT2D eigenvalue weighted by molar-refractivity contribution is 7.90. The normalized spacial score (nSPS) is 18.8. The van der Waals surface area contributed by atoms with Gasteiger partial charge in [-0.3, -0.25) is 4.79 Å². The summed E-state index contributed by atoms with van der Waals surface area (Å²) in [5, 5.41) is 15.6. The third-order valence-corrected chi connectivity index (χ3v) is 6.66. The van der Waals surface area contributed by atoms with Gasteiger partial charge in [-0.2, -0.15) is 5.10 Å². The summed E-state index contributed by atoms with van der Waals surface area (Å²) in [5.74, 6) is -0.441. The molecule has 1 aliphatic heterocycles. The summed E-state index contributed by atoms with van der Waals surface area (Å²) in [6, 6.07) is 1.66. The van der Waals surface area contributed by atoms with Gasteiger partial charge in [0.25, 0.3) is 11.8 Å². The number of nitrogens with one attached hydrogen (secondary N) is 1. The van der Waals surface area contributed by atoms with Gasteiger partial charge in [0.1, 0.15) is 11.9 Å². The molecule has 2 atom stereocenters. The van der Waals surface area contributed by atoms with E-state index in [4.69, 9.17) is 14.9 Å². The third kappa shape index (κ3) is 5.26. The molecule has 3 aromatic heterocycles. The van der Waals surface area contributed by atoms with E-state index in [9.17, 15) is 14.1 Å². The van der Waals surface area contributed by atoms with Crippen molar-refractivity contribution in [1.29, 1.82) is 0 Å². The lowest BCUT2D eigenvalue weighted by Crippen LogP contribution is -2.54. The fourth-order valence-corrected chi connectivity index (χ4v) is 4.59. The molecule has 194 valence electrons. The monoisotopic (exact) mass is 517 g/mol. The first-order chi connectivity index (χ1) is 16.7. The Hall–Kier alpha value is -3.32. The van der Waals surface area contributed by atoms with Crippen LogP contribution in [-0.2, 0) is 15.9 Å². The number of hydrogen-bond acceptors (Lipinski definition) is 9. The summed E-state index contributed by atoms with van der Waals surface area (Å²) in [6.07, 6.45) is 4.82. The highest BCUT2D eigenvalue weighted by Crippen LogP contribution is 2.35. The van der Waals surface area contributed by atoms with Gasteiger partial charge in [-0.05, 0) is 33.3 Å². The van der Waals surface area contributed by atoms with Gasteiger partial charge >= 0.3 is 11.3 Å². The highest BCUT2D eigenvalue weighted by Gasteiger charge is 2.39. The topological polar surface area (TPSA) is 164 Å². The fourth-order valence-electron chi connectivity index (χ4n) is 4.24. The highest BCUT2D eigenvalue weighted by atomic mass is 32.2. The number of rotatable bonds is 5. The predicted octanol–water partition coefficient (Wildman–Crippen LogP) is 2.67. The van der Waals surface area contributed by atoms with E-state index < -0.39 is 22.7 Å². The molecule has 12 nitrogen and oxygen atoms in total. The molecule has 1 aliphatic rings. The number of likely N-dealkylation sites (tertiary alicyclic amines) is 1. The second kappa shape index (κ2) is 9.28. The second-order valence-corrected chi connectivity index (χ2v) is 11.8. The molecule has 1 fully saturated rings. The van der Waals surface area contributed by atoms with E-state index in [-0.39, 0.29) is 34.2 Å².